The van der Waals surface area contributed by atoms with Crippen molar-refractivity contribution in [3.05, 3.63) is 65.7 Å². The monoisotopic (exact) mass is 453 g/mol. The zero-order chi connectivity index (χ0) is 24.4. The molecule has 0 aliphatic heterocycles. The molecule has 178 valence electrons. The Bertz CT molecular complexity index is 948. The van der Waals surface area contributed by atoms with E-state index in [9.17, 15) is 9.59 Å². The van der Waals surface area contributed by atoms with Crippen LogP contribution in [0.25, 0.3) is 5.57 Å². The fraction of sp³-hybridized carbons (Fsp3) is 0.407. The van der Waals surface area contributed by atoms with Gasteiger partial charge in [-0.2, -0.15) is 0 Å². The topological polar surface area (TPSA) is 65.1 Å². The van der Waals surface area contributed by atoms with Crippen LogP contribution in [0, 0.1) is 0 Å². The molecule has 0 bridgehead atoms. The SMILES string of the molecule is CCN(CC)C(=O)/C=C(\C)c1ccc(OC(C)c2ccccc2)c(OCC(=O)OC(C)C)c1. The first kappa shape index (κ1) is 26.0. The normalized spacial score (nSPS) is 12.3. The van der Waals surface area contributed by atoms with E-state index in [2.05, 4.69) is 0 Å². The standard InChI is InChI=1S/C27H35NO5/c1-7-28(8-2)26(29)16-20(5)23-14-15-24(33-21(6)22-12-10-9-11-13-22)25(17-23)31-18-27(30)32-19(3)4/h9-17,19,21H,7-8,18H2,1-6H3/b20-16+. The minimum Gasteiger partial charge on any atom is -0.482 e. The number of likely N-dealkylation sites (N-methyl/N-ethyl adjacent to an activating group) is 1. The summed E-state index contributed by atoms with van der Waals surface area (Å²) in [6.07, 6.45) is 1.17. The highest BCUT2D eigenvalue weighted by Crippen LogP contribution is 2.34. The number of hydrogen-bond acceptors (Lipinski definition) is 5. The number of rotatable bonds is 11. The molecule has 0 aromatic heterocycles. The number of nitrogens with zero attached hydrogens (tertiary/aromatic N) is 1. The Balaban J connectivity index is 2.31. The van der Waals surface area contributed by atoms with Crippen LogP contribution in [0.4, 0.5) is 0 Å². The first-order valence-corrected chi connectivity index (χ1v) is 11.4. The van der Waals surface area contributed by atoms with E-state index in [0.717, 1.165) is 16.7 Å². The van der Waals surface area contributed by atoms with Gasteiger partial charge >= 0.3 is 5.97 Å². The largest absolute Gasteiger partial charge is 0.482 e. The van der Waals surface area contributed by atoms with E-state index in [4.69, 9.17) is 14.2 Å². The van der Waals surface area contributed by atoms with Crippen molar-refractivity contribution in [3.63, 3.8) is 0 Å². The number of esters is 1. The first-order chi connectivity index (χ1) is 15.7. The van der Waals surface area contributed by atoms with Gasteiger partial charge in [-0.3, -0.25) is 4.79 Å². The molecule has 0 radical (unpaired) electrons. The average molecular weight is 454 g/mol. The van der Waals surface area contributed by atoms with Gasteiger partial charge in [0.05, 0.1) is 6.10 Å². The molecule has 0 saturated heterocycles. The highest BCUT2D eigenvalue weighted by molar-refractivity contribution is 5.95. The van der Waals surface area contributed by atoms with Crippen molar-refractivity contribution >= 4 is 17.4 Å². The summed E-state index contributed by atoms with van der Waals surface area (Å²) in [5, 5.41) is 0. The van der Waals surface area contributed by atoms with E-state index < -0.39 is 5.97 Å². The molecule has 6 heteroatoms. The number of benzene rings is 2. The molecule has 1 atom stereocenters. The molecule has 0 saturated carbocycles. The second-order valence-corrected chi connectivity index (χ2v) is 8.00. The Morgan fingerprint density at radius 3 is 2.24 bits per heavy atom. The van der Waals surface area contributed by atoms with Gasteiger partial charge in [0.1, 0.15) is 6.10 Å². The minimum atomic E-state index is -0.457. The maximum atomic E-state index is 12.5. The van der Waals surface area contributed by atoms with Gasteiger partial charge in [-0.05, 0) is 70.4 Å². The van der Waals surface area contributed by atoms with Gasteiger partial charge in [0.25, 0.3) is 0 Å². The molecule has 6 nitrogen and oxygen atoms in total. The third kappa shape index (κ3) is 7.97. The van der Waals surface area contributed by atoms with E-state index in [1.165, 1.54) is 0 Å². The molecule has 0 N–H and O–H groups in total. The fourth-order valence-electron chi connectivity index (χ4n) is 3.27. The van der Waals surface area contributed by atoms with Crippen molar-refractivity contribution in [2.24, 2.45) is 0 Å². The van der Waals surface area contributed by atoms with Crippen LogP contribution < -0.4 is 9.47 Å². The van der Waals surface area contributed by atoms with Crippen molar-refractivity contribution in [2.45, 2.75) is 53.8 Å². The summed E-state index contributed by atoms with van der Waals surface area (Å²) in [5.41, 5.74) is 2.62. The lowest BCUT2D eigenvalue weighted by molar-refractivity contribution is -0.149. The Hall–Kier alpha value is -3.28. The summed E-state index contributed by atoms with van der Waals surface area (Å²) in [7, 11) is 0. The van der Waals surface area contributed by atoms with E-state index in [1.54, 1.807) is 37.0 Å². The number of carbonyl (C=O) groups excluding carboxylic acids is 2. The Kier molecular flexibility index (Phi) is 9.98. The third-order valence-corrected chi connectivity index (χ3v) is 5.10. The predicted molar refractivity (Wildman–Crippen MR) is 130 cm³/mol. The molecule has 1 amide bonds. The summed E-state index contributed by atoms with van der Waals surface area (Å²) in [4.78, 5) is 26.3. The van der Waals surface area contributed by atoms with Crippen LogP contribution in [0.5, 0.6) is 11.5 Å². The average Bonchev–Trinajstić information content (AvgIpc) is 2.79. The van der Waals surface area contributed by atoms with Crippen LogP contribution in [0.1, 0.15) is 58.8 Å². The molecule has 0 aliphatic rings. The van der Waals surface area contributed by atoms with Crippen molar-refractivity contribution < 1.29 is 23.8 Å². The van der Waals surface area contributed by atoms with Gasteiger partial charge in [-0.15, -0.1) is 0 Å². The lowest BCUT2D eigenvalue weighted by Crippen LogP contribution is -2.28. The van der Waals surface area contributed by atoms with Crippen LogP contribution in [-0.4, -0.2) is 42.6 Å². The number of allylic oxidation sites excluding steroid dienone is 1. The van der Waals surface area contributed by atoms with E-state index in [0.29, 0.717) is 24.6 Å². The van der Waals surface area contributed by atoms with Gasteiger partial charge in [-0.1, -0.05) is 36.4 Å². The lowest BCUT2D eigenvalue weighted by Gasteiger charge is -2.19. The van der Waals surface area contributed by atoms with E-state index in [-0.39, 0.29) is 24.7 Å². The third-order valence-electron chi connectivity index (χ3n) is 5.10. The zero-order valence-corrected chi connectivity index (χ0v) is 20.5. The predicted octanol–water partition coefficient (Wildman–Crippen LogP) is 5.43. The molecule has 2 aromatic carbocycles. The summed E-state index contributed by atoms with van der Waals surface area (Å²) >= 11 is 0. The molecule has 0 fully saturated rings. The maximum absolute atomic E-state index is 12.5. The van der Waals surface area contributed by atoms with Crippen molar-refractivity contribution in [3.8, 4) is 11.5 Å². The Morgan fingerprint density at radius 1 is 0.970 bits per heavy atom. The maximum Gasteiger partial charge on any atom is 0.344 e. The van der Waals surface area contributed by atoms with Crippen molar-refractivity contribution in [1.82, 2.24) is 4.90 Å². The van der Waals surface area contributed by atoms with Gasteiger partial charge in [0, 0.05) is 19.2 Å². The molecule has 1 unspecified atom stereocenters. The minimum absolute atomic E-state index is 0.0431. The van der Waals surface area contributed by atoms with Crippen LogP contribution in [-0.2, 0) is 14.3 Å². The first-order valence-electron chi connectivity index (χ1n) is 11.4. The van der Waals surface area contributed by atoms with Gasteiger partial charge in [-0.25, -0.2) is 4.79 Å². The lowest BCUT2D eigenvalue weighted by atomic mass is 10.1. The highest BCUT2D eigenvalue weighted by Gasteiger charge is 2.16. The van der Waals surface area contributed by atoms with Crippen molar-refractivity contribution in [2.75, 3.05) is 19.7 Å². The quantitative estimate of drug-likeness (QED) is 0.335. The molecular formula is C27H35NO5. The van der Waals surface area contributed by atoms with Crippen LogP contribution >= 0.6 is 0 Å². The highest BCUT2D eigenvalue weighted by atomic mass is 16.6. The number of hydrogen-bond donors (Lipinski definition) is 0. The van der Waals surface area contributed by atoms with Gasteiger partial charge in [0.2, 0.25) is 5.91 Å². The van der Waals surface area contributed by atoms with Crippen molar-refractivity contribution in [1.29, 1.82) is 0 Å². The second-order valence-electron chi connectivity index (χ2n) is 8.00. The van der Waals surface area contributed by atoms with E-state index >= 15 is 0 Å². The van der Waals surface area contributed by atoms with Crippen LogP contribution in [0.2, 0.25) is 0 Å². The summed E-state index contributed by atoms with van der Waals surface area (Å²) in [5.74, 6) is 0.425. The molecule has 0 aliphatic carbocycles. The molecular weight excluding hydrogens is 418 g/mol. The van der Waals surface area contributed by atoms with Crippen LogP contribution in [0.15, 0.2) is 54.6 Å². The summed E-state index contributed by atoms with van der Waals surface area (Å²) in [6, 6.07) is 15.3. The fourth-order valence-corrected chi connectivity index (χ4v) is 3.27. The summed E-state index contributed by atoms with van der Waals surface area (Å²) < 4.78 is 17.1. The molecule has 2 rings (SSSR count). The second kappa shape index (κ2) is 12.7. The smallest absolute Gasteiger partial charge is 0.344 e. The summed E-state index contributed by atoms with van der Waals surface area (Å²) in [6.45, 7) is 12.4. The zero-order valence-electron chi connectivity index (χ0n) is 20.5. The number of amides is 1. The van der Waals surface area contributed by atoms with E-state index in [1.807, 2.05) is 64.1 Å². The molecule has 0 spiro atoms. The Labute approximate surface area is 197 Å². The molecule has 0 heterocycles. The number of ether oxygens (including phenoxy) is 3. The van der Waals surface area contributed by atoms with Crippen LogP contribution in [0.3, 0.4) is 0 Å². The van der Waals surface area contributed by atoms with Gasteiger partial charge in [0.15, 0.2) is 18.1 Å². The van der Waals surface area contributed by atoms with Gasteiger partial charge < -0.3 is 19.1 Å². The Morgan fingerprint density at radius 2 is 1.64 bits per heavy atom. The molecule has 2 aromatic rings. The number of carbonyl (C=O) groups is 2. The molecule has 33 heavy (non-hydrogen) atoms.